The van der Waals surface area contributed by atoms with Gasteiger partial charge in [0.25, 0.3) is 5.56 Å². The zero-order valence-electron chi connectivity index (χ0n) is 25.2. The number of pyridine rings is 1. The largest absolute Gasteiger partial charge is 0.489 e. The predicted octanol–water partition coefficient (Wildman–Crippen LogP) is 8.22. The quantitative estimate of drug-likeness (QED) is 0.116. The fourth-order valence-corrected chi connectivity index (χ4v) is 4.41. The van der Waals surface area contributed by atoms with Gasteiger partial charge in [0.05, 0.1) is 12.1 Å². The molecular formula is C35H44N2O4. The van der Waals surface area contributed by atoms with Gasteiger partial charge in [-0.2, -0.15) is 0 Å². The molecule has 0 saturated heterocycles. The third-order valence-electron chi connectivity index (χ3n) is 6.80. The number of anilines is 1. The number of amides is 1. The normalized spacial score (nSPS) is 11.6. The Balaban J connectivity index is 1.86. The van der Waals surface area contributed by atoms with Gasteiger partial charge in [-0.15, -0.1) is 0 Å². The van der Waals surface area contributed by atoms with Gasteiger partial charge in [-0.3, -0.25) is 9.59 Å². The molecule has 0 unspecified atom stereocenters. The highest BCUT2D eigenvalue weighted by molar-refractivity contribution is 6.03. The minimum atomic E-state index is -0.274. The maximum Gasteiger partial charge on any atom is 0.297 e. The van der Waals surface area contributed by atoms with Crippen LogP contribution in [-0.4, -0.2) is 23.7 Å². The number of carbonyl (C=O) groups is 1. The molecule has 0 aliphatic heterocycles. The van der Waals surface area contributed by atoms with Crippen LogP contribution in [0.25, 0.3) is 17.0 Å². The number of unbranched alkanes of at least 4 members (excludes halogenated alkanes) is 3. The number of carbonyl (C=O) groups excluding carboxylic acids is 1. The number of ether oxygens (including phenoxy) is 2. The van der Waals surface area contributed by atoms with E-state index in [-0.39, 0.29) is 23.8 Å². The van der Waals surface area contributed by atoms with E-state index in [2.05, 4.69) is 39.1 Å². The number of hydrogen-bond donors (Lipinski definition) is 1. The van der Waals surface area contributed by atoms with Crippen LogP contribution < -0.4 is 20.3 Å². The summed E-state index contributed by atoms with van der Waals surface area (Å²) in [5, 5.41) is 3.66. The Morgan fingerprint density at radius 2 is 1.73 bits per heavy atom. The van der Waals surface area contributed by atoms with Crippen molar-refractivity contribution in [3.63, 3.8) is 0 Å². The van der Waals surface area contributed by atoms with Gasteiger partial charge in [0.2, 0.25) is 11.7 Å². The van der Waals surface area contributed by atoms with Gasteiger partial charge in [-0.1, -0.05) is 73.7 Å². The van der Waals surface area contributed by atoms with Gasteiger partial charge < -0.3 is 19.4 Å². The lowest BCUT2D eigenvalue weighted by atomic mass is 10.1. The van der Waals surface area contributed by atoms with E-state index in [4.69, 9.17) is 9.47 Å². The molecule has 3 rings (SSSR count). The van der Waals surface area contributed by atoms with Crippen molar-refractivity contribution in [2.24, 2.45) is 7.05 Å². The highest BCUT2D eigenvalue weighted by Gasteiger charge is 2.19. The second kappa shape index (κ2) is 16.3. The molecule has 0 radical (unpaired) electrons. The molecule has 3 aromatic rings. The molecule has 0 fully saturated rings. The van der Waals surface area contributed by atoms with Gasteiger partial charge in [0.1, 0.15) is 6.61 Å². The van der Waals surface area contributed by atoms with Crippen molar-refractivity contribution in [2.75, 3.05) is 18.5 Å². The van der Waals surface area contributed by atoms with Gasteiger partial charge in [0, 0.05) is 24.2 Å². The van der Waals surface area contributed by atoms with Crippen molar-refractivity contribution in [3.8, 4) is 11.5 Å². The number of hydrogen-bond acceptors (Lipinski definition) is 4. The topological polar surface area (TPSA) is 69.6 Å². The van der Waals surface area contributed by atoms with Crippen molar-refractivity contribution in [3.05, 3.63) is 93.8 Å². The molecule has 1 N–H and O–H groups in total. The number of aromatic nitrogens is 1. The van der Waals surface area contributed by atoms with Crippen LogP contribution in [0.3, 0.4) is 0 Å². The lowest BCUT2D eigenvalue weighted by molar-refractivity contribution is -0.111. The van der Waals surface area contributed by atoms with Crippen molar-refractivity contribution in [2.45, 2.75) is 66.2 Å². The third kappa shape index (κ3) is 9.82. The molecule has 1 amide bonds. The number of allylic oxidation sites excluding steroid dienone is 3. The zero-order valence-corrected chi connectivity index (χ0v) is 25.2. The Morgan fingerprint density at radius 1 is 0.951 bits per heavy atom. The van der Waals surface area contributed by atoms with E-state index in [0.29, 0.717) is 23.6 Å². The highest BCUT2D eigenvalue weighted by atomic mass is 16.5. The number of rotatable bonds is 15. The fraction of sp³-hybridized carbons (Fsp3) is 0.371. The first-order valence-electron chi connectivity index (χ1n) is 14.6. The summed E-state index contributed by atoms with van der Waals surface area (Å²) in [4.78, 5) is 26.1. The molecule has 0 atom stereocenters. The monoisotopic (exact) mass is 556 g/mol. The van der Waals surface area contributed by atoms with E-state index >= 15 is 0 Å². The van der Waals surface area contributed by atoms with Crippen molar-refractivity contribution >= 4 is 28.6 Å². The van der Waals surface area contributed by atoms with E-state index in [1.54, 1.807) is 23.8 Å². The molecule has 2 aromatic carbocycles. The van der Waals surface area contributed by atoms with E-state index in [1.165, 1.54) is 17.2 Å². The smallest absolute Gasteiger partial charge is 0.297 e. The van der Waals surface area contributed by atoms with Gasteiger partial charge in [0.15, 0.2) is 5.75 Å². The molecular weight excluding hydrogens is 512 g/mol. The molecule has 0 saturated carbocycles. The standard InChI is InChI=1S/C35H44N2O4/c1-6-7-8-12-23-40-33-30-20-19-29(36-32(38)21-18-28-16-10-9-11-17-28)25-31(30)37(5)35(39)34(33)41-24-22-27(4)15-13-14-26(2)3/h9-11,14,16-22,25H,6-8,12-13,15,23-24H2,1-5H3,(H,36,38)/b21-18?,27-22+. The van der Waals surface area contributed by atoms with Crippen LogP contribution in [0.1, 0.15) is 71.8 Å². The summed E-state index contributed by atoms with van der Waals surface area (Å²) in [6, 6.07) is 15.1. The minimum absolute atomic E-state index is 0.214. The summed E-state index contributed by atoms with van der Waals surface area (Å²) in [5.41, 5.74) is 4.43. The SMILES string of the molecule is CCCCCCOc1c(OC/C=C(\C)CCC=C(C)C)c(=O)n(C)c2cc(NC(=O)C=Cc3ccccc3)ccc12. The maximum absolute atomic E-state index is 13.5. The Kier molecular flexibility index (Phi) is 12.5. The summed E-state index contributed by atoms with van der Waals surface area (Å²) in [5.74, 6) is 0.417. The number of nitrogens with zero attached hydrogens (tertiary/aromatic N) is 1. The van der Waals surface area contributed by atoms with Crippen LogP contribution in [0.2, 0.25) is 0 Å². The summed E-state index contributed by atoms with van der Waals surface area (Å²) in [7, 11) is 1.71. The molecule has 0 aliphatic rings. The van der Waals surface area contributed by atoms with Crippen molar-refractivity contribution in [1.82, 2.24) is 4.57 Å². The maximum atomic E-state index is 13.5. The average molecular weight is 557 g/mol. The Morgan fingerprint density at radius 3 is 2.46 bits per heavy atom. The highest BCUT2D eigenvalue weighted by Crippen LogP contribution is 2.34. The summed E-state index contributed by atoms with van der Waals surface area (Å²) < 4.78 is 13.8. The van der Waals surface area contributed by atoms with E-state index in [0.717, 1.165) is 49.5 Å². The van der Waals surface area contributed by atoms with E-state index in [1.807, 2.05) is 48.5 Å². The van der Waals surface area contributed by atoms with E-state index < -0.39 is 0 Å². The lowest BCUT2D eigenvalue weighted by Gasteiger charge is -2.17. The van der Waals surface area contributed by atoms with Gasteiger partial charge in [-0.25, -0.2) is 0 Å². The van der Waals surface area contributed by atoms with Crippen LogP contribution in [-0.2, 0) is 11.8 Å². The molecule has 1 aromatic heterocycles. The lowest BCUT2D eigenvalue weighted by Crippen LogP contribution is -2.21. The first kappa shape index (κ1) is 31.5. The first-order chi connectivity index (χ1) is 19.8. The minimum Gasteiger partial charge on any atom is -0.489 e. The van der Waals surface area contributed by atoms with E-state index in [9.17, 15) is 9.59 Å². The number of benzene rings is 2. The molecule has 6 nitrogen and oxygen atoms in total. The van der Waals surface area contributed by atoms with Crippen LogP contribution in [0.5, 0.6) is 11.5 Å². The van der Waals surface area contributed by atoms with Crippen molar-refractivity contribution in [1.29, 1.82) is 0 Å². The second-order valence-corrected chi connectivity index (χ2v) is 10.6. The number of aryl methyl sites for hydroxylation is 1. The predicted molar refractivity (Wildman–Crippen MR) is 171 cm³/mol. The summed E-state index contributed by atoms with van der Waals surface area (Å²) in [6.07, 6.45) is 13.7. The first-order valence-corrected chi connectivity index (χ1v) is 14.6. The van der Waals surface area contributed by atoms with Crippen LogP contribution in [0.4, 0.5) is 5.69 Å². The van der Waals surface area contributed by atoms with Crippen LogP contribution in [0, 0.1) is 0 Å². The molecule has 41 heavy (non-hydrogen) atoms. The zero-order chi connectivity index (χ0) is 29.6. The number of nitrogens with one attached hydrogen (secondary N) is 1. The Bertz CT molecular complexity index is 1440. The van der Waals surface area contributed by atoms with Gasteiger partial charge >= 0.3 is 0 Å². The molecule has 1 heterocycles. The summed E-state index contributed by atoms with van der Waals surface area (Å²) in [6.45, 7) is 9.23. The van der Waals surface area contributed by atoms with Crippen LogP contribution >= 0.6 is 0 Å². The third-order valence-corrected chi connectivity index (χ3v) is 6.80. The average Bonchev–Trinajstić information content (AvgIpc) is 2.96. The second-order valence-electron chi connectivity index (χ2n) is 10.6. The number of fused-ring (bicyclic) bond motifs is 1. The molecule has 218 valence electrons. The van der Waals surface area contributed by atoms with Crippen LogP contribution in [0.15, 0.2) is 82.7 Å². The molecule has 0 bridgehead atoms. The Labute approximate surface area is 244 Å². The molecule has 0 spiro atoms. The summed E-state index contributed by atoms with van der Waals surface area (Å²) >= 11 is 0. The molecule has 0 aliphatic carbocycles. The Hall–Kier alpha value is -4.06. The van der Waals surface area contributed by atoms with Gasteiger partial charge in [-0.05, 0) is 75.9 Å². The van der Waals surface area contributed by atoms with Crippen molar-refractivity contribution < 1.29 is 14.3 Å². The molecule has 6 heteroatoms. The fourth-order valence-electron chi connectivity index (χ4n) is 4.41.